The van der Waals surface area contributed by atoms with Crippen molar-refractivity contribution in [2.24, 2.45) is 0 Å². The standard InChI is InChI=1S/C49H95O8P/c1-3-5-7-9-11-13-15-17-19-21-23-24-26-27-29-31-33-35-37-39-41-43-48(50)55-45-47(46-56-58(52,53)54)57-49(51)44-42-40-38-36-34-32-30-28-25-22-20-18-16-14-12-10-8-6-4-2/h18,20,47H,3-17,19,21-46H2,1-2H3,(H2,52,53,54)/b20-18+/t47-/m1/s1. The molecule has 344 valence electrons. The summed E-state index contributed by atoms with van der Waals surface area (Å²) in [5.41, 5.74) is 0. The number of phosphoric acid groups is 1. The average Bonchev–Trinajstić information content (AvgIpc) is 3.20. The van der Waals surface area contributed by atoms with Gasteiger partial charge in [0.15, 0.2) is 6.10 Å². The summed E-state index contributed by atoms with van der Waals surface area (Å²) in [6.45, 7) is 3.73. The molecule has 8 nitrogen and oxygen atoms in total. The first kappa shape index (κ1) is 56.8. The molecule has 0 aliphatic rings. The van der Waals surface area contributed by atoms with Crippen molar-refractivity contribution in [2.45, 2.75) is 277 Å². The lowest BCUT2D eigenvalue weighted by molar-refractivity contribution is -0.161. The predicted octanol–water partition coefficient (Wildman–Crippen LogP) is 15.8. The second kappa shape index (κ2) is 45.3. The molecule has 0 aromatic carbocycles. The Labute approximate surface area is 358 Å². The SMILES string of the molecule is CCCCCCCC/C=C/CCCCCCCCCCCC(=O)O[C@H](COC(=O)CCCCCCCCCCCCCCCCCCCCCCC)COP(=O)(O)O. The highest BCUT2D eigenvalue weighted by Gasteiger charge is 2.23. The van der Waals surface area contributed by atoms with Crippen LogP contribution in [0.3, 0.4) is 0 Å². The lowest BCUT2D eigenvalue weighted by Gasteiger charge is -2.18. The van der Waals surface area contributed by atoms with E-state index in [0.29, 0.717) is 6.42 Å². The van der Waals surface area contributed by atoms with Crippen LogP contribution in [0.25, 0.3) is 0 Å². The van der Waals surface area contributed by atoms with Crippen molar-refractivity contribution in [2.75, 3.05) is 13.2 Å². The molecule has 58 heavy (non-hydrogen) atoms. The second-order valence-electron chi connectivity index (χ2n) is 17.2. The topological polar surface area (TPSA) is 119 Å². The highest BCUT2D eigenvalue weighted by molar-refractivity contribution is 7.46. The van der Waals surface area contributed by atoms with Crippen LogP contribution in [0.4, 0.5) is 0 Å². The van der Waals surface area contributed by atoms with E-state index < -0.39 is 32.5 Å². The van der Waals surface area contributed by atoms with Crippen molar-refractivity contribution < 1.29 is 37.9 Å². The number of allylic oxidation sites excluding steroid dienone is 2. The van der Waals surface area contributed by atoms with Crippen LogP contribution < -0.4 is 0 Å². The summed E-state index contributed by atoms with van der Waals surface area (Å²) in [6, 6.07) is 0. The van der Waals surface area contributed by atoms with Gasteiger partial charge in [0.25, 0.3) is 0 Å². The highest BCUT2D eigenvalue weighted by Crippen LogP contribution is 2.36. The molecule has 0 rings (SSSR count). The van der Waals surface area contributed by atoms with Crippen molar-refractivity contribution in [3.8, 4) is 0 Å². The Morgan fingerprint density at radius 3 is 1.05 bits per heavy atom. The monoisotopic (exact) mass is 843 g/mol. The first-order valence-electron chi connectivity index (χ1n) is 25.0. The summed E-state index contributed by atoms with van der Waals surface area (Å²) >= 11 is 0. The van der Waals surface area contributed by atoms with Crippen LogP contribution in [0.15, 0.2) is 12.2 Å². The predicted molar refractivity (Wildman–Crippen MR) is 244 cm³/mol. The van der Waals surface area contributed by atoms with Crippen LogP contribution in [-0.2, 0) is 28.2 Å². The largest absolute Gasteiger partial charge is 0.469 e. The average molecular weight is 843 g/mol. The first-order chi connectivity index (χ1) is 28.3. The van der Waals surface area contributed by atoms with Gasteiger partial charge < -0.3 is 19.3 Å². The maximum atomic E-state index is 12.5. The zero-order valence-corrected chi connectivity index (χ0v) is 39.1. The molecule has 0 heterocycles. The molecule has 0 amide bonds. The minimum absolute atomic E-state index is 0.214. The number of hydrogen-bond donors (Lipinski definition) is 2. The van der Waals surface area contributed by atoms with Crippen LogP contribution in [-0.4, -0.2) is 41.0 Å². The van der Waals surface area contributed by atoms with E-state index in [-0.39, 0.29) is 19.4 Å². The van der Waals surface area contributed by atoms with E-state index >= 15 is 0 Å². The van der Waals surface area contributed by atoms with Gasteiger partial charge in [-0.05, 0) is 38.5 Å². The van der Waals surface area contributed by atoms with Gasteiger partial charge in [0.05, 0.1) is 6.61 Å². The van der Waals surface area contributed by atoms with E-state index in [4.69, 9.17) is 19.3 Å². The zero-order valence-electron chi connectivity index (χ0n) is 38.2. The Hall–Kier alpha value is -1.21. The fourth-order valence-corrected chi connectivity index (χ4v) is 7.91. The number of esters is 2. The molecule has 0 aromatic heterocycles. The quantitative estimate of drug-likeness (QED) is 0.0269. The molecule has 1 atom stereocenters. The van der Waals surface area contributed by atoms with Crippen molar-refractivity contribution in [3.63, 3.8) is 0 Å². The highest BCUT2D eigenvalue weighted by atomic mass is 31.2. The molecule has 0 bridgehead atoms. The van der Waals surface area contributed by atoms with Gasteiger partial charge in [-0.15, -0.1) is 0 Å². The maximum Gasteiger partial charge on any atom is 0.469 e. The number of ether oxygens (including phenoxy) is 2. The van der Waals surface area contributed by atoms with Crippen LogP contribution in [0.1, 0.15) is 271 Å². The third-order valence-electron chi connectivity index (χ3n) is 11.3. The summed E-state index contributed by atoms with van der Waals surface area (Å²) in [6.07, 6.45) is 52.3. The van der Waals surface area contributed by atoms with Gasteiger partial charge >= 0.3 is 19.8 Å². The Morgan fingerprint density at radius 1 is 0.431 bits per heavy atom. The minimum atomic E-state index is -4.75. The van der Waals surface area contributed by atoms with Crippen molar-refractivity contribution in [1.29, 1.82) is 0 Å². The lowest BCUT2D eigenvalue weighted by Crippen LogP contribution is -2.29. The lowest BCUT2D eigenvalue weighted by atomic mass is 10.0. The molecule has 0 saturated heterocycles. The van der Waals surface area contributed by atoms with Crippen LogP contribution in [0.2, 0.25) is 0 Å². The number of hydrogen-bond acceptors (Lipinski definition) is 6. The molecule has 0 saturated carbocycles. The maximum absolute atomic E-state index is 12.5. The van der Waals surface area contributed by atoms with E-state index in [1.54, 1.807) is 0 Å². The summed E-state index contributed by atoms with van der Waals surface area (Å²) in [5.74, 6) is -0.869. The van der Waals surface area contributed by atoms with Gasteiger partial charge in [-0.3, -0.25) is 14.1 Å². The molecular formula is C49H95O8P. The molecule has 0 aromatic rings. The summed E-state index contributed by atoms with van der Waals surface area (Å²) in [5, 5.41) is 0. The van der Waals surface area contributed by atoms with Crippen molar-refractivity contribution in [3.05, 3.63) is 12.2 Å². The van der Waals surface area contributed by atoms with Gasteiger partial charge in [-0.2, -0.15) is 0 Å². The molecule has 0 spiro atoms. The number of carbonyl (C=O) groups excluding carboxylic acids is 2. The Kier molecular flexibility index (Phi) is 44.4. The molecule has 0 radical (unpaired) electrons. The van der Waals surface area contributed by atoms with Gasteiger partial charge in [0.1, 0.15) is 6.61 Å². The molecule has 2 N–H and O–H groups in total. The number of rotatable bonds is 47. The van der Waals surface area contributed by atoms with E-state index in [2.05, 4.69) is 30.5 Å². The smallest absolute Gasteiger partial charge is 0.462 e. The molecular weight excluding hydrogens is 748 g/mol. The Balaban J connectivity index is 3.79. The van der Waals surface area contributed by atoms with Crippen LogP contribution in [0.5, 0.6) is 0 Å². The minimum Gasteiger partial charge on any atom is -0.462 e. The molecule has 0 unspecified atom stereocenters. The number of unbranched alkanes of at least 4 members (excludes halogenated alkanes) is 35. The third-order valence-corrected chi connectivity index (χ3v) is 11.8. The van der Waals surface area contributed by atoms with E-state index in [0.717, 1.165) is 38.5 Å². The number of carbonyl (C=O) groups is 2. The van der Waals surface area contributed by atoms with E-state index in [1.807, 2.05) is 0 Å². The van der Waals surface area contributed by atoms with E-state index in [1.165, 1.54) is 199 Å². The normalized spacial score (nSPS) is 12.4. The van der Waals surface area contributed by atoms with Gasteiger partial charge in [-0.1, -0.05) is 231 Å². The Morgan fingerprint density at radius 2 is 0.724 bits per heavy atom. The molecule has 0 aliphatic carbocycles. The van der Waals surface area contributed by atoms with Crippen LogP contribution in [0, 0.1) is 0 Å². The van der Waals surface area contributed by atoms with Gasteiger partial charge in [0.2, 0.25) is 0 Å². The fraction of sp³-hybridized carbons (Fsp3) is 0.918. The summed E-state index contributed by atoms with van der Waals surface area (Å²) in [4.78, 5) is 43.1. The van der Waals surface area contributed by atoms with Crippen LogP contribution >= 0.6 is 7.82 Å². The third kappa shape index (κ3) is 47.5. The van der Waals surface area contributed by atoms with Gasteiger partial charge in [-0.25, -0.2) is 4.57 Å². The van der Waals surface area contributed by atoms with Crippen molar-refractivity contribution in [1.82, 2.24) is 0 Å². The van der Waals surface area contributed by atoms with E-state index in [9.17, 15) is 14.2 Å². The molecule has 9 heteroatoms. The molecule has 0 aliphatic heterocycles. The van der Waals surface area contributed by atoms with Crippen molar-refractivity contribution >= 4 is 19.8 Å². The Bertz CT molecular complexity index is 951. The first-order valence-corrected chi connectivity index (χ1v) is 26.5. The van der Waals surface area contributed by atoms with Gasteiger partial charge in [0, 0.05) is 12.8 Å². The summed E-state index contributed by atoms with van der Waals surface area (Å²) in [7, 11) is -4.75. The molecule has 0 fully saturated rings. The fourth-order valence-electron chi connectivity index (χ4n) is 7.55. The second-order valence-corrected chi connectivity index (χ2v) is 18.4. The summed E-state index contributed by atoms with van der Waals surface area (Å²) < 4.78 is 26.5. The number of phosphoric ester groups is 1. The zero-order chi connectivity index (χ0) is 42.5.